The second-order valence-corrected chi connectivity index (χ2v) is 7.24. The zero-order chi connectivity index (χ0) is 14.6. The Morgan fingerprint density at radius 3 is 2.95 bits per heavy atom. The van der Waals surface area contributed by atoms with Gasteiger partial charge in [0.1, 0.15) is 0 Å². The van der Waals surface area contributed by atoms with E-state index in [0.717, 1.165) is 32.3 Å². The van der Waals surface area contributed by atoms with Gasteiger partial charge in [0.25, 0.3) is 0 Å². The standard InChI is InChI=1S/C15H24N2O2S/c1-4-5-15(6-8-19-14(2,3)11-15)10-12(18)17-13-16-7-9-20-13/h7,9H,4-6,8,10-11H2,1-3H3,(H,16,17,18)/t15-/m0/s1. The number of amides is 1. The second kappa shape index (κ2) is 6.22. The van der Waals surface area contributed by atoms with Gasteiger partial charge in [-0.15, -0.1) is 11.3 Å². The summed E-state index contributed by atoms with van der Waals surface area (Å²) in [6, 6.07) is 0. The van der Waals surface area contributed by atoms with Crippen LogP contribution >= 0.6 is 11.3 Å². The third-order valence-corrected chi connectivity index (χ3v) is 4.61. The smallest absolute Gasteiger partial charge is 0.226 e. The Morgan fingerprint density at radius 2 is 2.35 bits per heavy atom. The number of nitrogens with zero attached hydrogens (tertiary/aromatic N) is 1. The molecule has 1 fully saturated rings. The Labute approximate surface area is 124 Å². The van der Waals surface area contributed by atoms with E-state index in [0.29, 0.717) is 11.6 Å². The van der Waals surface area contributed by atoms with Gasteiger partial charge in [-0.1, -0.05) is 13.3 Å². The lowest BCUT2D eigenvalue weighted by molar-refractivity contribution is -0.130. The molecule has 0 aromatic carbocycles. The molecule has 1 saturated heterocycles. The van der Waals surface area contributed by atoms with Crippen LogP contribution in [-0.2, 0) is 9.53 Å². The highest BCUT2D eigenvalue weighted by atomic mass is 32.1. The van der Waals surface area contributed by atoms with Gasteiger partial charge in [-0.25, -0.2) is 4.98 Å². The number of aromatic nitrogens is 1. The maximum absolute atomic E-state index is 12.3. The SMILES string of the molecule is CCC[C@@]1(CC(=O)Nc2nccs2)CCOC(C)(C)C1. The van der Waals surface area contributed by atoms with Gasteiger partial charge < -0.3 is 10.1 Å². The summed E-state index contributed by atoms with van der Waals surface area (Å²) in [5, 5.41) is 5.47. The first-order valence-corrected chi connectivity index (χ1v) is 8.16. The van der Waals surface area contributed by atoms with Gasteiger partial charge in [-0.05, 0) is 38.5 Å². The number of thiazole rings is 1. The lowest BCUT2D eigenvalue weighted by Gasteiger charge is -2.44. The van der Waals surface area contributed by atoms with Crippen molar-refractivity contribution in [1.29, 1.82) is 0 Å². The number of ether oxygens (including phenoxy) is 1. The van der Waals surface area contributed by atoms with Gasteiger partial charge in [0.15, 0.2) is 5.13 Å². The van der Waals surface area contributed by atoms with Crippen molar-refractivity contribution in [1.82, 2.24) is 4.98 Å². The molecule has 1 aliphatic rings. The number of hydrogen-bond donors (Lipinski definition) is 1. The molecule has 0 aliphatic carbocycles. The quantitative estimate of drug-likeness (QED) is 0.898. The first-order valence-electron chi connectivity index (χ1n) is 7.28. The molecule has 5 heteroatoms. The lowest BCUT2D eigenvalue weighted by Crippen LogP contribution is -2.43. The van der Waals surface area contributed by atoms with Crippen LogP contribution in [0, 0.1) is 5.41 Å². The fourth-order valence-electron chi connectivity index (χ4n) is 3.36. The molecule has 0 spiro atoms. The summed E-state index contributed by atoms with van der Waals surface area (Å²) in [7, 11) is 0. The fraction of sp³-hybridized carbons (Fsp3) is 0.733. The Bertz CT molecular complexity index is 441. The topological polar surface area (TPSA) is 51.2 Å². The molecule has 1 N–H and O–H groups in total. The highest BCUT2D eigenvalue weighted by molar-refractivity contribution is 7.13. The molecule has 20 heavy (non-hydrogen) atoms. The molecular weight excluding hydrogens is 272 g/mol. The van der Waals surface area contributed by atoms with Gasteiger partial charge in [0.05, 0.1) is 5.60 Å². The van der Waals surface area contributed by atoms with Gasteiger partial charge in [0, 0.05) is 24.6 Å². The summed E-state index contributed by atoms with van der Waals surface area (Å²) < 4.78 is 5.81. The van der Waals surface area contributed by atoms with Crippen LogP contribution in [0.15, 0.2) is 11.6 Å². The van der Waals surface area contributed by atoms with E-state index in [1.54, 1.807) is 6.20 Å². The second-order valence-electron chi connectivity index (χ2n) is 6.35. The predicted octanol–water partition coefficient (Wildman–Crippen LogP) is 3.85. The van der Waals surface area contributed by atoms with Crippen molar-refractivity contribution in [2.24, 2.45) is 5.41 Å². The molecule has 2 heterocycles. The fourth-order valence-corrected chi connectivity index (χ4v) is 3.90. The molecular formula is C15H24N2O2S. The minimum absolute atomic E-state index is 0.0673. The van der Waals surface area contributed by atoms with Crippen LogP contribution in [0.1, 0.15) is 52.9 Å². The van der Waals surface area contributed by atoms with E-state index < -0.39 is 0 Å². The van der Waals surface area contributed by atoms with E-state index in [-0.39, 0.29) is 16.9 Å². The Hall–Kier alpha value is -0.940. The van der Waals surface area contributed by atoms with Crippen molar-refractivity contribution < 1.29 is 9.53 Å². The van der Waals surface area contributed by atoms with Crippen LogP contribution in [0.3, 0.4) is 0 Å². The van der Waals surface area contributed by atoms with Gasteiger partial charge in [0.2, 0.25) is 5.91 Å². The van der Waals surface area contributed by atoms with Crippen LogP contribution in [0.4, 0.5) is 5.13 Å². The molecule has 0 unspecified atom stereocenters. The van der Waals surface area contributed by atoms with Crippen molar-refractivity contribution >= 4 is 22.4 Å². The van der Waals surface area contributed by atoms with Crippen molar-refractivity contribution in [3.05, 3.63) is 11.6 Å². The zero-order valence-electron chi connectivity index (χ0n) is 12.6. The average Bonchev–Trinajstić information content (AvgIpc) is 2.79. The maximum atomic E-state index is 12.3. The van der Waals surface area contributed by atoms with Crippen LogP contribution in [0.25, 0.3) is 0 Å². The average molecular weight is 296 g/mol. The third kappa shape index (κ3) is 4.03. The van der Waals surface area contributed by atoms with Crippen LogP contribution in [0.2, 0.25) is 0 Å². The van der Waals surface area contributed by atoms with Gasteiger partial charge in [-0.2, -0.15) is 0 Å². The monoisotopic (exact) mass is 296 g/mol. The van der Waals surface area contributed by atoms with Crippen LogP contribution in [0.5, 0.6) is 0 Å². The number of nitrogens with one attached hydrogen (secondary N) is 1. The van der Waals surface area contributed by atoms with Gasteiger partial charge in [-0.3, -0.25) is 4.79 Å². The molecule has 2 rings (SSSR count). The minimum Gasteiger partial charge on any atom is -0.376 e. The first kappa shape index (κ1) is 15.4. The normalized spacial score (nSPS) is 25.4. The van der Waals surface area contributed by atoms with E-state index in [2.05, 4.69) is 31.1 Å². The number of carbonyl (C=O) groups excluding carboxylic acids is 1. The summed E-state index contributed by atoms with van der Waals surface area (Å²) in [4.78, 5) is 16.4. The molecule has 1 amide bonds. The van der Waals surface area contributed by atoms with E-state index in [1.807, 2.05) is 5.38 Å². The summed E-state index contributed by atoms with van der Waals surface area (Å²) in [5.74, 6) is 0.0751. The van der Waals surface area contributed by atoms with E-state index >= 15 is 0 Å². The van der Waals surface area contributed by atoms with E-state index in [1.165, 1.54) is 11.3 Å². The molecule has 1 aromatic rings. The van der Waals surface area contributed by atoms with Crippen molar-refractivity contribution in [3.8, 4) is 0 Å². The molecule has 0 bridgehead atoms. The molecule has 0 radical (unpaired) electrons. The van der Waals surface area contributed by atoms with Crippen LogP contribution in [-0.4, -0.2) is 23.1 Å². The molecule has 4 nitrogen and oxygen atoms in total. The van der Waals surface area contributed by atoms with E-state index in [9.17, 15) is 4.79 Å². The molecule has 0 saturated carbocycles. The first-order chi connectivity index (χ1) is 9.45. The van der Waals surface area contributed by atoms with Crippen LogP contribution < -0.4 is 5.32 Å². The van der Waals surface area contributed by atoms with E-state index in [4.69, 9.17) is 4.74 Å². The number of rotatable bonds is 5. The zero-order valence-corrected chi connectivity index (χ0v) is 13.4. The highest BCUT2D eigenvalue weighted by Gasteiger charge is 2.41. The minimum atomic E-state index is -0.130. The lowest BCUT2D eigenvalue weighted by atomic mass is 9.69. The molecule has 112 valence electrons. The number of anilines is 1. The summed E-state index contributed by atoms with van der Waals surface area (Å²) >= 11 is 1.46. The Balaban J connectivity index is 2.03. The van der Waals surface area contributed by atoms with Gasteiger partial charge >= 0.3 is 0 Å². The Kier molecular flexibility index (Phi) is 4.81. The Morgan fingerprint density at radius 1 is 1.55 bits per heavy atom. The largest absolute Gasteiger partial charge is 0.376 e. The number of hydrogen-bond acceptors (Lipinski definition) is 4. The van der Waals surface area contributed by atoms with Crippen molar-refractivity contribution in [3.63, 3.8) is 0 Å². The van der Waals surface area contributed by atoms with Crippen molar-refractivity contribution in [2.45, 2.75) is 58.5 Å². The molecule has 1 atom stereocenters. The summed E-state index contributed by atoms with van der Waals surface area (Å²) in [6.45, 7) is 7.17. The maximum Gasteiger partial charge on any atom is 0.226 e. The molecule has 1 aliphatic heterocycles. The molecule has 1 aromatic heterocycles. The summed E-state index contributed by atoms with van der Waals surface area (Å²) in [6.07, 6.45) is 6.35. The highest BCUT2D eigenvalue weighted by Crippen LogP contribution is 2.45. The third-order valence-electron chi connectivity index (χ3n) is 3.92. The number of carbonyl (C=O) groups is 1. The van der Waals surface area contributed by atoms with Crippen molar-refractivity contribution in [2.75, 3.05) is 11.9 Å². The summed E-state index contributed by atoms with van der Waals surface area (Å²) in [5.41, 5.74) is -0.0628. The predicted molar refractivity (Wildman–Crippen MR) is 82.0 cm³/mol.